The van der Waals surface area contributed by atoms with Crippen LogP contribution in [0.1, 0.15) is 90.9 Å². The molecule has 2 atom stereocenters. The molecule has 116 valence electrons. The van der Waals surface area contributed by atoms with Gasteiger partial charge in [0.15, 0.2) is 0 Å². The van der Waals surface area contributed by atoms with Crippen LogP contribution in [0.3, 0.4) is 0 Å². The van der Waals surface area contributed by atoms with Gasteiger partial charge in [-0.15, -0.1) is 0 Å². The van der Waals surface area contributed by atoms with Crippen molar-refractivity contribution in [2.24, 2.45) is 0 Å². The van der Waals surface area contributed by atoms with E-state index in [0.717, 1.165) is 25.7 Å². The highest BCUT2D eigenvalue weighted by Gasteiger charge is 2.09. The van der Waals surface area contributed by atoms with Crippen LogP contribution in [0.4, 0.5) is 0 Å². The Morgan fingerprint density at radius 1 is 0.632 bits per heavy atom. The van der Waals surface area contributed by atoms with E-state index in [1.807, 2.05) is 0 Å². The third-order valence-corrected chi connectivity index (χ3v) is 3.55. The minimum absolute atomic E-state index is 0.549. The van der Waals surface area contributed by atoms with E-state index in [0.29, 0.717) is 0 Å². The molecule has 0 saturated carbocycles. The lowest BCUT2D eigenvalue weighted by molar-refractivity contribution is 0.0310. The molecule has 0 aromatic carbocycles. The van der Waals surface area contributed by atoms with Crippen molar-refractivity contribution in [2.45, 2.75) is 103 Å². The number of hydrogen-bond donors (Lipinski definition) is 3. The molecule has 0 aromatic rings. The molecule has 0 aliphatic carbocycles. The van der Waals surface area contributed by atoms with Crippen LogP contribution >= 0.6 is 0 Å². The second kappa shape index (κ2) is 14.3. The number of aliphatic hydroxyl groups excluding tert-OH is 2. The fourth-order valence-electron chi connectivity index (χ4n) is 2.27. The molecule has 2 unspecified atom stereocenters. The average molecular weight is 273 g/mol. The number of aliphatic hydroxyl groups is 2. The molecular weight excluding hydrogens is 238 g/mol. The molecule has 0 rings (SSSR count). The van der Waals surface area contributed by atoms with Gasteiger partial charge in [0.2, 0.25) is 0 Å². The van der Waals surface area contributed by atoms with Crippen LogP contribution in [-0.4, -0.2) is 22.7 Å². The van der Waals surface area contributed by atoms with E-state index in [-0.39, 0.29) is 0 Å². The summed E-state index contributed by atoms with van der Waals surface area (Å²) < 4.78 is 0. The Kier molecular flexibility index (Phi) is 14.2. The van der Waals surface area contributed by atoms with Gasteiger partial charge >= 0.3 is 0 Å². The first-order valence-corrected chi connectivity index (χ1v) is 8.32. The summed E-state index contributed by atoms with van der Waals surface area (Å²) in [6, 6.07) is 0. The van der Waals surface area contributed by atoms with E-state index in [4.69, 9.17) is 0 Å². The van der Waals surface area contributed by atoms with Crippen LogP contribution in [0.15, 0.2) is 0 Å². The van der Waals surface area contributed by atoms with Gasteiger partial charge in [0.05, 0.1) is 0 Å². The Bertz CT molecular complexity index is 176. The number of unbranched alkanes of at least 4 members (excludes halogenated alkanes) is 8. The Morgan fingerprint density at radius 3 is 1.47 bits per heavy atom. The summed E-state index contributed by atoms with van der Waals surface area (Å²) in [5.41, 5.74) is 0. The van der Waals surface area contributed by atoms with E-state index >= 15 is 0 Å². The van der Waals surface area contributed by atoms with E-state index < -0.39 is 12.5 Å². The normalized spacial score (nSPS) is 14.5. The highest BCUT2D eigenvalue weighted by atomic mass is 16.3. The SMILES string of the molecule is CCCCCCCCC(O)NC(O)CCCCCC. The number of nitrogens with one attached hydrogen (secondary N) is 1. The highest BCUT2D eigenvalue weighted by molar-refractivity contribution is 4.59. The standard InChI is InChI=1S/C16H35NO2/c1-3-5-7-9-10-12-14-16(19)17-15(18)13-11-8-6-4-2/h15-19H,3-14H2,1-2H3. The Morgan fingerprint density at radius 2 is 1.00 bits per heavy atom. The summed E-state index contributed by atoms with van der Waals surface area (Å²) in [6.45, 7) is 4.40. The summed E-state index contributed by atoms with van der Waals surface area (Å²) in [5, 5.41) is 22.3. The smallest absolute Gasteiger partial charge is 0.106 e. The zero-order valence-electron chi connectivity index (χ0n) is 13.0. The minimum atomic E-state index is -0.549. The molecule has 0 bridgehead atoms. The van der Waals surface area contributed by atoms with Crippen molar-refractivity contribution < 1.29 is 10.2 Å². The quantitative estimate of drug-likeness (QED) is 0.332. The molecule has 0 radical (unpaired) electrons. The Labute approximate surface area is 119 Å². The monoisotopic (exact) mass is 273 g/mol. The fourth-order valence-corrected chi connectivity index (χ4v) is 2.27. The van der Waals surface area contributed by atoms with Crippen molar-refractivity contribution in [1.82, 2.24) is 5.32 Å². The predicted octanol–water partition coefficient (Wildman–Crippen LogP) is 3.93. The Hall–Kier alpha value is -0.120. The molecule has 0 heterocycles. The minimum Gasteiger partial charge on any atom is -0.379 e. The molecule has 0 aliphatic rings. The first-order chi connectivity index (χ1) is 9.20. The van der Waals surface area contributed by atoms with Crippen LogP contribution in [-0.2, 0) is 0 Å². The summed E-state index contributed by atoms with van der Waals surface area (Å²) in [7, 11) is 0. The Balaban J connectivity index is 3.33. The number of hydrogen-bond acceptors (Lipinski definition) is 3. The van der Waals surface area contributed by atoms with E-state index in [9.17, 15) is 10.2 Å². The lowest BCUT2D eigenvalue weighted by atomic mass is 10.1. The second-order valence-corrected chi connectivity index (χ2v) is 5.60. The molecule has 19 heavy (non-hydrogen) atoms. The fraction of sp³-hybridized carbons (Fsp3) is 1.00. The molecular formula is C16H35NO2. The van der Waals surface area contributed by atoms with Crippen LogP contribution in [0.25, 0.3) is 0 Å². The van der Waals surface area contributed by atoms with Gasteiger partial charge in [0.25, 0.3) is 0 Å². The molecule has 3 heteroatoms. The first-order valence-electron chi connectivity index (χ1n) is 8.32. The average Bonchev–Trinajstić information content (AvgIpc) is 2.39. The lowest BCUT2D eigenvalue weighted by Crippen LogP contribution is -2.38. The maximum atomic E-state index is 9.75. The zero-order valence-corrected chi connectivity index (χ0v) is 13.0. The maximum Gasteiger partial charge on any atom is 0.106 e. The molecule has 0 fully saturated rings. The summed E-state index contributed by atoms with van der Waals surface area (Å²) >= 11 is 0. The topological polar surface area (TPSA) is 52.5 Å². The molecule has 0 saturated heterocycles. The predicted molar refractivity (Wildman–Crippen MR) is 81.9 cm³/mol. The summed E-state index contributed by atoms with van der Waals surface area (Å²) in [5.74, 6) is 0. The van der Waals surface area contributed by atoms with Crippen molar-refractivity contribution in [2.75, 3.05) is 0 Å². The van der Waals surface area contributed by atoms with Crippen molar-refractivity contribution >= 4 is 0 Å². The molecule has 0 aliphatic heterocycles. The first kappa shape index (κ1) is 18.9. The third kappa shape index (κ3) is 14.1. The van der Waals surface area contributed by atoms with E-state index in [1.165, 1.54) is 51.4 Å². The van der Waals surface area contributed by atoms with Gasteiger partial charge in [-0.3, -0.25) is 5.32 Å². The molecule has 3 N–H and O–H groups in total. The summed E-state index contributed by atoms with van der Waals surface area (Å²) in [4.78, 5) is 0. The van der Waals surface area contributed by atoms with Gasteiger partial charge in [-0.1, -0.05) is 65.2 Å². The van der Waals surface area contributed by atoms with Gasteiger partial charge in [-0.05, 0) is 25.7 Å². The highest BCUT2D eigenvalue weighted by Crippen LogP contribution is 2.09. The largest absolute Gasteiger partial charge is 0.379 e. The number of rotatable bonds is 14. The van der Waals surface area contributed by atoms with Crippen molar-refractivity contribution in [3.63, 3.8) is 0 Å². The van der Waals surface area contributed by atoms with Gasteiger partial charge in [0.1, 0.15) is 12.5 Å². The van der Waals surface area contributed by atoms with Crippen molar-refractivity contribution in [3.8, 4) is 0 Å². The van der Waals surface area contributed by atoms with Crippen LogP contribution in [0.5, 0.6) is 0 Å². The zero-order chi connectivity index (χ0) is 14.3. The van der Waals surface area contributed by atoms with Gasteiger partial charge in [0, 0.05) is 0 Å². The second-order valence-electron chi connectivity index (χ2n) is 5.60. The van der Waals surface area contributed by atoms with Crippen molar-refractivity contribution in [1.29, 1.82) is 0 Å². The molecule has 0 amide bonds. The lowest BCUT2D eigenvalue weighted by Gasteiger charge is -2.18. The van der Waals surface area contributed by atoms with Crippen LogP contribution in [0.2, 0.25) is 0 Å². The third-order valence-electron chi connectivity index (χ3n) is 3.55. The van der Waals surface area contributed by atoms with Crippen LogP contribution < -0.4 is 5.32 Å². The maximum absolute atomic E-state index is 9.75. The molecule has 3 nitrogen and oxygen atoms in total. The molecule has 0 spiro atoms. The van der Waals surface area contributed by atoms with Gasteiger partial charge < -0.3 is 10.2 Å². The van der Waals surface area contributed by atoms with Gasteiger partial charge in [-0.25, -0.2) is 0 Å². The molecule has 0 aromatic heterocycles. The van der Waals surface area contributed by atoms with E-state index in [1.54, 1.807) is 0 Å². The van der Waals surface area contributed by atoms with Crippen LogP contribution in [0, 0.1) is 0 Å². The van der Waals surface area contributed by atoms with E-state index in [2.05, 4.69) is 19.2 Å². The summed E-state index contributed by atoms with van der Waals surface area (Å²) in [6.07, 6.45) is 12.4. The van der Waals surface area contributed by atoms with Crippen molar-refractivity contribution in [3.05, 3.63) is 0 Å². The van der Waals surface area contributed by atoms with Gasteiger partial charge in [-0.2, -0.15) is 0 Å².